The summed E-state index contributed by atoms with van der Waals surface area (Å²) in [6.45, 7) is 9.85. The van der Waals surface area contributed by atoms with Crippen molar-refractivity contribution in [2.75, 3.05) is 51.6 Å². The lowest BCUT2D eigenvalue weighted by molar-refractivity contribution is 0.252. The van der Waals surface area contributed by atoms with Crippen molar-refractivity contribution < 1.29 is 8.42 Å². The van der Waals surface area contributed by atoms with Gasteiger partial charge in [0.2, 0.25) is 10.0 Å². The first-order chi connectivity index (χ1) is 8.60. The molecule has 0 aromatic carbocycles. The van der Waals surface area contributed by atoms with E-state index in [1.165, 1.54) is 0 Å². The lowest BCUT2D eigenvalue weighted by Gasteiger charge is -2.28. The summed E-state index contributed by atoms with van der Waals surface area (Å²) in [6, 6.07) is 0. The highest BCUT2D eigenvalue weighted by Crippen LogP contribution is 2.05. The van der Waals surface area contributed by atoms with Crippen molar-refractivity contribution >= 4 is 10.0 Å². The van der Waals surface area contributed by atoms with E-state index < -0.39 is 10.0 Å². The highest BCUT2D eigenvalue weighted by atomic mass is 32.2. The first-order valence-electron chi connectivity index (χ1n) is 7.01. The quantitative estimate of drug-likeness (QED) is 0.695. The molecule has 0 radical (unpaired) electrons. The minimum absolute atomic E-state index is 0.257. The van der Waals surface area contributed by atoms with Crippen molar-refractivity contribution in [2.45, 2.75) is 26.7 Å². The molecule has 0 aliphatic carbocycles. The summed E-state index contributed by atoms with van der Waals surface area (Å²) in [5.74, 6) is 0.257. The summed E-state index contributed by atoms with van der Waals surface area (Å²) >= 11 is 0. The zero-order chi connectivity index (χ0) is 13.4. The van der Waals surface area contributed by atoms with Gasteiger partial charge in [0.15, 0.2) is 0 Å². The lowest BCUT2D eigenvalue weighted by Crippen LogP contribution is -2.46. The molecule has 1 rings (SSSR count). The third-order valence-corrected chi connectivity index (χ3v) is 5.06. The van der Waals surface area contributed by atoms with Crippen LogP contribution in [-0.4, -0.2) is 69.2 Å². The fourth-order valence-corrected chi connectivity index (χ4v) is 3.87. The maximum Gasteiger partial charge on any atom is 0.215 e. The van der Waals surface area contributed by atoms with Gasteiger partial charge in [-0.2, -0.15) is 0 Å². The van der Waals surface area contributed by atoms with E-state index in [1.807, 2.05) is 13.8 Å². The van der Waals surface area contributed by atoms with Crippen molar-refractivity contribution in [1.82, 2.24) is 14.5 Å². The van der Waals surface area contributed by atoms with E-state index in [4.69, 9.17) is 0 Å². The largest absolute Gasteiger partial charge is 0.314 e. The fraction of sp³-hybridized carbons (Fsp3) is 1.00. The van der Waals surface area contributed by atoms with Gasteiger partial charge >= 0.3 is 0 Å². The van der Waals surface area contributed by atoms with Gasteiger partial charge in [-0.05, 0) is 12.8 Å². The van der Waals surface area contributed by atoms with Crippen LogP contribution >= 0.6 is 0 Å². The third kappa shape index (κ3) is 5.22. The Morgan fingerprint density at radius 1 is 1.11 bits per heavy atom. The van der Waals surface area contributed by atoms with Gasteiger partial charge in [-0.3, -0.25) is 4.90 Å². The van der Waals surface area contributed by atoms with Crippen molar-refractivity contribution in [3.63, 3.8) is 0 Å². The van der Waals surface area contributed by atoms with Gasteiger partial charge in [0.1, 0.15) is 0 Å². The van der Waals surface area contributed by atoms with Gasteiger partial charge in [0.05, 0.1) is 5.75 Å². The van der Waals surface area contributed by atoms with E-state index in [0.717, 1.165) is 39.0 Å². The van der Waals surface area contributed by atoms with Gasteiger partial charge in [0.25, 0.3) is 0 Å². The van der Waals surface area contributed by atoms with Crippen LogP contribution in [0.2, 0.25) is 0 Å². The molecule has 0 saturated carbocycles. The molecule has 0 spiro atoms. The van der Waals surface area contributed by atoms with Crippen LogP contribution in [0.4, 0.5) is 0 Å². The molecular weight excluding hydrogens is 250 g/mol. The van der Waals surface area contributed by atoms with Crippen LogP contribution in [0.5, 0.6) is 0 Å². The van der Waals surface area contributed by atoms with Crippen molar-refractivity contribution in [1.29, 1.82) is 0 Å². The number of sulfonamides is 1. The molecule has 18 heavy (non-hydrogen) atoms. The molecule has 0 amide bonds. The first kappa shape index (κ1) is 15.9. The minimum Gasteiger partial charge on any atom is -0.314 e. The molecule has 0 aromatic heterocycles. The molecule has 0 bridgehead atoms. The second kappa shape index (κ2) is 8.09. The highest BCUT2D eigenvalue weighted by molar-refractivity contribution is 7.89. The summed E-state index contributed by atoms with van der Waals surface area (Å²) in [5.41, 5.74) is 0. The highest BCUT2D eigenvalue weighted by Gasteiger charge is 2.21. The lowest BCUT2D eigenvalue weighted by atomic mass is 10.4. The zero-order valence-electron chi connectivity index (χ0n) is 11.7. The van der Waals surface area contributed by atoms with E-state index in [1.54, 1.807) is 4.31 Å². The summed E-state index contributed by atoms with van der Waals surface area (Å²) in [7, 11) is -3.07. The number of hydrogen-bond donors (Lipinski definition) is 1. The van der Waals surface area contributed by atoms with Crippen LogP contribution in [0.1, 0.15) is 26.7 Å². The molecule has 1 heterocycles. The first-order valence-corrected chi connectivity index (χ1v) is 8.62. The normalized spacial score (nSPS) is 18.4. The molecular formula is C12H27N3O2S. The molecule has 1 saturated heterocycles. The SMILES string of the molecule is CCCN(CCC)S(=O)(=O)CCN1CCNCC1. The Hall–Kier alpha value is -0.170. The molecule has 1 N–H and O–H groups in total. The molecule has 1 fully saturated rings. The van der Waals surface area contributed by atoms with Gasteiger partial charge in [-0.1, -0.05) is 13.8 Å². The predicted octanol–water partition coefficient (Wildman–Crippen LogP) is 0.343. The van der Waals surface area contributed by atoms with E-state index in [0.29, 0.717) is 19.6 Å². The number of piperazine rings is 1. The van der Waals surface area contributed by atoms with E-state index >= 15 is 0 Å². The average molecular weight is 277 g/mol. The molecule has 1 aliphatic heterocycles. The van der Waals surface area contributed by atoms with Crippen LogP contribution in [0.25, 0.3) is 0 Å². The average Bonchev–Trinajstić information content (AvgIpc) is 2.37. The van der Waals surface area contributed by atoms with Crippen molar-refractivity contribution in [3.05, 3.63) is 0 Å². The summed E-state index contributed by atoms with van der Waals surface area (Å²) in [6.07, 6.45) is 1.76. The summed E-state index contributed by atoms with van der Waals surface area (Å²) in [5, 5.41) is 3.27. The Kier molecular flexibility index (Phi) is 7.14. The van der Waals surface area contributed by atoms with Crippen molar-refractivity contribution in [2.24, 2.45) is 0 Å². The smallest absolute Gasteiger partial charge is 0.215 e. The maximum absolute atomic E-state index is 12.2. The Balaban J connectivity index is 2.45. The van der Waals surface area contributed by atoms with Crippen LogP contribution in [0, 0.1) is 0 Å². The van der Waals surface area contributed by atoms with Crippen molar-refractivity contribution in [3.8, 4) is 0 Å². The maximum atomic E-state index is 12.2. The van der Waals surface area contributed by atoms with E-state index in [2.05, 4.69) is 10.2 Å². The van der Waals surface area contributed by atoms with Gasteiger partial charge in [-0.25, -0.2) is 12.7 Å². The topological polar surface area (TPSA) is 52.7 Å². The minimum atomic E-state index is -3.07. The third-order valence-electron chi connectivity index (χ3n) is 3.21. The number of hydrogen-bond acceptors (Lipinski definition) is 4. The van der Waals surface area contributed by atoms with E-state index in [-0.39, 0.29) is 5.75 Å². The number of nitrogens with one attached hydrogen (secondary N) is 1. The fourth-order valence-electron chi connectivity index (χ4n) is 2.20. The summed E-state index contributed by atoms with van der Waals surface area (Å²) in [4.78, 5) is 2.23. The van der Waals surface area contributed by atoms with Crippen LogP contribution in [0.15, 0.2) is 0 Å². The van der Waals surface area contributed by atoms with Crippen LogP contribution in [0.3, 0.4) is 0 Å². The van der Waals surface area contributed by atoms with Gasteiger partial charge < -0.3 is 5.32 Å². The summed E-state index contributed by atoms with van der Waals surface area (Å²) < 4.78 is 26.1. The van der Waals surface area contributed by atoms with Crippen LogP contribution in [-0.2, 0) is 10.0 Å². The monoisotopic (exact) mass is 277 g/mol. The van der Waals surface area contributed by atoms with Gasteiger partial charge in [-0.15, -0.1) is 0 Å². The molecule has 108 valence electrons. The Morgan fingerprint density at radius 2 is 1.67 bits per heavy atom. The molecule has 5 nitrogen and oxygen atoms in total. The number of rotatable bonds is 8. The molecule has 0 atom stereocenters. The predicted molar refractivity (Wildman–Crippen MR) is 75.3 cm³/mol. The zero-order valence-corrected chi connectivity index (χ0v) is 12.5. The molecule has 0 aromatic rings. The Bertz CT molecular complexity index is 307. The molecule has 6 heteroatoms. The van der Waals surface area contributed by atoms with Crippen LogP contribution < -0.4 is 5.32 Å². The standard InChI is InChI=1S/C12H27N3O2S/c1-3-7-15(8-4-2)18(16,17)12-11-14-9-5-13-6-10-14/h13H,3-12H2,1-2H3. The molecule has 1 aliphatic rings. The second-order valence-corrected chi connectivity index (χ2v) is 6.90. The number of nitrogens with zero attached hydrogens (tertiary/aromatic N) is 2. The van der Waals surface area contributed by atoms with E-state index in [9.17, 15) is 8.42 Å². The van der Waals surface area contributed by atoms with Gasteiger partial charge in [0, 0.05) is 45.8 Å². The molecule has 0 unspecified atom stereocenters. The Labute approximate surface area is 112 Å². The second-order valence-electron chi connectivity index (χ2n) is 4.81. The Morgan fingerprint density at radius 3 is 2.17 bits per heavy atom.